The first-order chi connectivity index (χ1) is 6.36. The number of hydrogen-bond acceptors (Lipinski definition) is 6. The average molecular weight is 180 g/mol. The van der Waals surface area contributed by atoms with Gasteiger partial charge in [-0.2, -0.15) is 0 Å². The third-order valence-corrected chi connectivity index (χ3v) is 1.26. The molecule has 0 aliphatic carbocycles. The minimum atomic E-state index is -0.636. The van der Waals surface area contributed by atoms with Gasteiger partial charge in [0, 0.05) is 12.1 Å². The molecule has 2 heterocycles. The Bertz CT molecular complexity index is 379. The second-order valence-corrected chi connectivity index (χ2v) is 2.11. The van der Waals surface area contributed by atoms with Crippen molar-refractivity contribution in [1.29, 1.82) is 0 Å². The Balaban J connectivity index is 2.08. The molecule has 66 valence electrons. The van der Waals surface area contributed by atoms with Crippen molar-refractivity contribution >= 4 is 5.97 Å². The number of carbonyl (C=O) groups is 1. The van der Waals surface area contributed by atoms with Gasteiger partial charge in [0.25, 0.3) is 5.88 Å². The van der Waals surface area contributed by atoms with E-state index < -0.39 is 5.97 Å². The lowest BCUT2D eigenvalue weighted by Gasteiger charge is -1.93. The first-order valence-corrected chi connectivity index (χ1v) is 3.39. The topological polar surface area (TPSA) is 78.4 Å². The van der Waals surface area contributed by atoms with Gasteiger partial charge in [0.2, 0.25) is 0 Å². The van der Waals surface area contributed by atoms with E-state index in [0.717, 1.165) is 0 Å². The predicted molar refractivity (Wildman–Crippen MR) is 38.0 cm³/mol. The smallest absolute Gasteiger partial charge is 0.367 e. The highest BCUT2D eigenvalue weighted by molar-refractivity contribution is 5.88. The van der Waals surface area contributed by atoms with Gasteiger partial charge in [0.15, 0.2) is 5.69 Å². The monoisotopic (exact) mass is 180 g/mol. The van der Waals surface area contributed by atoms with E-state index in [1.54, 1.807) is 0 Å². The molecule has 0 unspecified atom stereocenters. The van der Waals surface area contributed by atoms with Crippen molar-refractivity contribution in [1.82, 2.24) is 10.3 Å². The van der Waals surface area contributed by atoms with Gasteiger partial charge in [0.05, 0.1) is 0 Å². The Labute approximate surface area is 72.1 Å². The van der Waals surface area contributed by atoms with Crippen molar-refractivity contribution in [3.63, 3.8) is 0 Å². The predicted octanol–water partition coefficient (Wildman–Crippen LogP) is 0.882. The number of carbonyl (C=O) groups excluding carboxylic acids is 1. The summed E-state index contributed by atoms with van der Waals surface area (Å²) in [6.45, 7) is 0. The molecule has 0 aromatic carbocycles. The fourth-order valence-electron chi connectivity index (χ4n) is 0.719. The summed E-state index contributed by atoms with van der Waals surface area (Å²) in [6.07, 6.45) is 2.57. The van der Waals surface area contributed by atoms with E-state index in [9.17, 15) is 4.79 Å². The van der Waals surface area contributed by atoms with Crippen LogP contribution in [0, 0.1) is 0 Å². The quantitative estimate of drug-likeness (QED) is 0.638. The lowest BCUT2D eigenvalue weighted by atomic mass is 10.4. The third kappa shape index (κ3) is 1.56. The highest BCUT2D eigenvalue weighted by Crippen LogP contribution is 2.07. The molecule has 0 saturated carbocycles. The molecule has 0 spiro atoms. The first kappa shape index (κ1) is 7.53. The van der Waals surface area contributed by atoms with E-state index in [1.807, 2.05) is 0 Å². The van der Waals surface area contributed by atoms with Crippen LogP contribution in [0.5, 0.6) is 5.88 Å². The van der Waals surface area contributed by atoms with E-state index >= 15 is 0 Å². The van der Waals surface area contributed by atoms with Crippen LogP contribution in [0.3, 0.4) is 0 Å². The van der Waals surface area contributed by atoms with E-state index in [-0.39, 0.29) is 11.6 Å². The summed E-state index contributed by atoms with van der Waals surface area (Å²) in [6, 6.07) is 2.81. The maximum atomic E-state index is 11.1. The zero-order valence-electron chi connectivity index (χ0n) is 6.34. The summed E-state index contributed by atoms with van der Waals surface area (Å²) >= 11 is 0. The van der Waals surface area contributed by atoms with Crippen molar-refractivity contribution in [2.24, 2.45) is 0 Å². The van der Waals surface area contributed by atoms with Gasteiger partial charge in [-0.15, -0.1) is 0 Å². The minimum absolute atomic E-state index is 0.0861. The fraction of sp³-hybridized carbons (Fsp3) is 0. The van der Waals surface area contributed by atoms with Gasteiger partial charge in [-0.3, -0.25) is 0 Å². The second kappa shape index (κ2) is 3.10. The number of nitrogens with zero attached hydrogens (tertiary/aromatic N) is 2. The molecule has 2 aromatic heterocycles. The van der Waals surface area contributed by atoms with Crippen LogP contribution in [-0.2, 0) is 0 Å². The number of ether oxygens (including phenoxy) is 1. The molecule has 2 rings (SSSR count). The Morgan fingerprint density at radius 1 is 1.23 bits per heavy atom. The van der Waals surface area contributed by atoms with Gasteiger partial charge in [-0.05, 0) is 5.16 Å². The molecular formula is C7H4N2O4. The van der Waals surface area contributed by atoms with E-state index in [0.29, 0.717) is 0 Å². The van der Waals surface area contributed by atoms with Gasteiger partial charge < -0.3 is 13.8 Å². The number of hydrogen-bond donors (Lipinski definition) is 0. The van der Waals surface area contributed by atoms with Crippen LogP contribution in [0.15, 0.2) is 33.7 Å². The molecule has 2 aromatic rings. The van der Waals surface area contributed by atoms with E-state index in [2.05, 4.69) is 19.4 Å². The first-order valence-electron chi connectivity index (χ1n) is 3.39. The largest absolute Gasteiger partial charge is 0.399 e. The molecular weight excluding hydrogens is 176 g/mol. The zero-order chi connectivity index (χ0) is 9.10. The highest BCUT2D eigenvalue weighted by Gasteiger charge is 2.12. The van der Waals surface area contributed by atoms with Crippen molar-refractivity contribution in [3.8, 4) is 5.88 Å². The fourth-order valence-corrected chi connectivity index (χ4v) is 0.719. The molecule has 0 amide bonds. The van der Waals surface area contributed by atoms with E-state index in [4.69, 9.17) is 4.74 Å². The molecule has 0 saturated heterocycles. The summed E-state index contributed by atoms with van der Waals surface area (Å²) in [5.74, 6) is -0.546. The van der Waals surface area contributed by atoms with Crippen molar-refractivity contribution in [2.45, 2.75) is 0 Å². The Hall–Kier alpha value is -2.11. The molecule has 0 atom stereocenters. The molecule has 0 aliphatic heterocycles. The lowest BCUT2D eigenvalue weighted by molar-refractivity contribution is 0.0710. The Kier molecular flexibility index (Phi) is 1.79. The van der Waals surface area contributed by atoms with Crippen LogP contribution in [0.4, 0.5) is 0 Å². The average Bonchev–Trinajstić information content (AvgIpc) is 2.74. The van der Waals surface area contributed by atoms with Gasteiger partial charge in [-0.1, -0.05) is 5.16 Å². The lowest BCUT2D eigenvalue weighted by Crippen LogP contribution is -2.08. The molecule has 13 heavy (non-hydrogen) atoms. The maximum absolute atomic E-state index is 11.1. The summed E-state index contributed by atoms with van der Waals surface area (Å²) in [4.78, 5) is 11.1. The summed E-state index contributed by atoms with van der Waals surface area (Å²) in [5.41, 5.74) is 0.0861. The zero-order valence-corrected chi connectivity index (χ0v) is 6.34. The maximum Gasteiger partial charge on any atom is 0.367 e. The molecule has 0 N–H and O–H groups in total. The molecule has 0 radical (unpaired) electrons. The summed E-state index contributed by atoms with van der Waals surface area (Å²) in [5, 5.41) is 6.78. The third-order valence-electron chi connectivity index (χ3n) is 1.26. The molecule has 0 aliphatic rings. The van der Waals surface area contributed by atoms with Crippen LogP contribution in [0.25, 0.3) is 0 Å². The van der Waals surface area contributed by atoms with Crippen molar-refractivity contribution < 1.29 is 18.6 Å². The SMILES string of the molecule is O=C(Oc1ccon1)c1ccon1. The molecule has 0 fully saturated rings. The highest BCUT2D eigenvalue weighted by atomic mass is 16.6. The van der Waals surface area contributed by atoms with Crippen LogP contribution in [0.2, 0.25) is 0 Å². The van der Waals surface area contributed by atoms with Crippen LogP contribution in [-0.4, -0.2) is 16.3 Å². The Morgan fingerprint density at radius 3 is 2.62 bits per heavy atom. The summed E-state index contributed by atoms with van der Waals surface area (Å²) in [7, 11) is 0. The van der Waals surface area contributed by atoms with Gasteiger partial charge >= 0.3 is 5.97 Å². The number of esters is 1. The number of rotatable bonds is 2. The molecule has 0 bridgehead atoms. The van der Waals surface area contributed by atoms with Gasteiger partial charge in [0.1, 0.15) is 12.5 Å². The summed E-state index contributed by atoms with van der Waals surface area (Å²) < 4.78 is 13.7. The minimum Gasteiger partial charge on any atom is -0.399 e. The Morgan fingerprint density at radius 2 is 2.00 bits per heavy atom. The molecule has 6 nitrogen and oxygen atoms in total. The second-order valence-electron chi connectivity index (χ2n) is 2.11. The van der Waals surface area contributed by atoms with Crippen molar-refractivity contribution in [2.75, 3.05) is 0 Å². The molecule has 6 heteroatoms. The van der Waals surface area contributed by atoms with Crippen LogP contribution < -0.4 is 4.74 Å². The van der Waals surface area contributed by atoms with Crippen LogP contribution in [0.1, 0.15) is 10.5 Å². The van der Waals surface area contributed by atoms with Crippen LogP contribution >= 0.6 is 0 Å². The normalized spacial score (nSPS) is 9.85. The van der Waals surface area contributed by atoms with Crippen molar-refractivity contribution in [3.05, 3.63) is 30.4 Å². The standard InChI is InChI=1S/C7H4N2O4/c10-7(5-1-3-11-8-5)13-6-2-4-12-9-6/h1-4H. The van der Waals surface area contributed by atoms with Gasteiger partial charge in [-0.25, -0.2) is 4.79 Å². The number of aromatic nitrogens is 2. The van der Waals surface area contributed by atoms with E-state index in [1.165, 1.54) is 24.7 Å².